The molecule has 0 radical (unpaired) electrons. The minimum absolute atomic E-state index is 0.633. The zero-order valence-electron chi connectivity index (χ0n) is 15.3. The number of hydrogen-bond acceptors (Lipinski definition) is 1. The van der Waals surface area contributed by atoms with E-state index in [1.807, 2.05) is 12.1 Å². The van der Waals surface area contributed by atoms with Gasteiger partial charge in [0.1, 0.15) is 5.60 Å². The van der Waals surface area contributed by atoms with Crippen LogP contribution in [0.4, 0.5) is 0 Å². The number of nitrogens with one attached hydrogen (secondary N) is 1. The maximum absolute atomic E-state index is 11.1. The van der Waals surface area contributed by atoms with Crippen LogP contribution in [0.25, 0.3) is 0 Å². The second kappa shape index (κ2) is 7.84. The zero-order chi connectivity index (χ0) is 18.0. The van der Waals surface area contributed by atoms with E-state index >= 15 is 0 Å². The average Bonchev–Trinajstić information content (AvgIpc) is 2.70. The van der Waals surface area contributed by atoms with Gasteiger partial charge in [-0.25, -0.2) is 0 Å². The minimum atomic E-state index is -0.633. The third-order valence-corrected chi connectivity index (χ3v) is 7.21. The van der Waals surface area contributed by atoms with Crippen molar-refractivity contribution >= 4 is 15.9 Å². The highest BCUT2D eigenvalue weighted by Gasteiger charge is 2.39. The molecular weight excluding hydrogens is 386 g/mol. The SMILES string of the molecule is OC1(c2ccc(Br)cc2)CC[NH+](C2CCC(c3ccccc3)CC2)CC1. The van der Waals surface area contributed by atoms with Crippen LogP contribution in [0, 0.1) is 0 Å². The molecule has 1 heterocycles. The second-order valence-electron chi connectivity index (χ2n) is 8.16. The standard InChI is InChI=1S/C23H28BrNO/c24-21-10-8-20(9-11-21)23(26)14-16-25(17-15-23)22-12-6-19(7-13-22)18-4-2-1-3-5-18/h1-5,8-11,19,22,26H,6-7,12-17H2/p+1. The first kappa shape index (κ1) is 18.2. The van der Waals surface area contributed by atoms with Crippen LogP contribution in [0.1, 0.15) is 55.6 Å². The minimum Gasteiger partial charge on any atom is -0.385 e. The summed E-state index contributed by atoms with van der Waals surface area (Å²) in [5.74, 6) is 0.747. The van der Waals surface area contributed by atoms with Gasteiger partial charge in [0, 0.05) is 17.3 Å². The van der Waals surface area contributed by atoms with Gasteiger partial charge in [-0.3, -0.25) is 0 Å². The van der Waals surface area contributed by atoms with E-state index in [1.54, 1.807) is 4.90 Å². The van der Waals surface area contributed by atoms with Crippen molar-refractivity contribution in [1.29, 1.82) is 0 Å². The maximum atomic E-state index is 11.1. The summed E-state index contributed by atoms with van der Waals surface area (Å²) in [6.45, 7) is 2.18. The highest BCUT2D eigenvalue weighted by atomic mass is 79.9. The van der Waals surface area contributed by atoms with Gasteiger partial charge in [-0.2, -0.15) is 0 Å². The maximum Gasteiger partial charge on any atom is 0.100 e. The summed E-state index contributed by atoms with van der Waals surface area (Å²) >= 11 is 3.48. The van der Waals surface area contributed by atoms with Crippen molar-refractivity contribution in [2.75, 3.05) is 13.1 Å². The van der Waals surface area contributed by atoms with Crippen LogP contribution in [-0.2, 0) is 5.60 Å². The predicted octanol–water partition coefficient (Wildman–Crippen LogP) is 4.04. The first-order chi connectivity index (χ1) is 12.6. The number of piperidine rings is 1. The second-order valence-corrected chi connectivity index (χ2v) is 9.07. The van der Waals surface area contributed by atoms with E-state index in [2.05, 4.69) is 58.4 Å². The van der Waals surface area contributed by atoms with Gasteiger partial charge >= 0.3 is 0 Å². The summed E-state index contributed by atoms with van der Waals surface area (Å²) in [5, 5.41) is 11.1. The van der Waals surface area contributed by atoms with Crippen LogP contribution in [0.15, 0.2) is 59.1 Å². The van der Waals surface area contributed by atoms with Crippen LogP contribution in [0.2, 0.25) is 0 Å². The predicted molar refractivity (Wildman–Crippen MR) is 109 cm³/mol. The Bertz CT molecular complexity index is 699. The lowest BCUT2D eigenvalue weighted by molar-refractivity contribution is -0.934. The molecule has 2 nitrogen and oxygen atoms in total. The number of likely N-dealkylation sites (tertiary alicyclic amines) is 1. The molecule has 4 rings (SSSR count). The molecule has 138 valence electrons. The Morgan fingerprint density at radius 2 is 1.46 bits per heavy atom. The van der Waals surface area contributed by atoms with E-state index in [4.69, 9.17) is 0 Å². The number of halogens is 1. The van der Waals surface area contributed by atoms with Gasteiger partial charge in [0.2, 0.25) is 0 Å². The summed E-state index contributed by atoms with van der Waals surface area (Å²) in [4.78, 5) is 1.72. The molecule has 1 saturated heterocycles. The molecule has 1 aliphatic heterocycles. The number of benzene rings is 2. The topological polar surface area (TPSA) is 24.7 Å². The van der Waals surface area contributed by atoms with Crippen LogP contribution in [-0.4, -0.2) is 24.2 Å². The lowest BCUT2D eigenvalue weighted by Crippen LogP contribution is -3.17. The summed E-state index contributed by atoms with van der Waals surface area (Å²) < 4.78 is 1.07. The van der Waals surface area contributed by atoms with E-state index in [9.17, 15) is 5.11 Å². The quantitative estimate of drug-likeness (QED) is 0.777. The molecule has 2 aromatic rings. The molecule has 0 amide bonds. The van der Waals surface area contributed by atoms with Gasteiger partial charge in [-0.1, -0.05) is 58.4 Å². The Hall–Kier alpha value is -1.16. The molecule has 2 aliphatic rings. The molecule has 2 fully saturated rings. The van der Waals surface area contributed by atoms with Gasteiger partial charge in [-0.15, -0.1) is 0 Å². The van der Waals surface area contributed by atoms with E-state index in [1.165, 1.54) is 31.2 Å². The normalized spacial score (nSPS) is 32.3. The van der Waals surface area contributed by atoms with Crippen LogP contribution >= 0.6 is 15.9 Å². The first-order valence-electron chi connectivity index (χ1n) is 10.0. The molecule has 1 aliphatic carbocycles. The van der Waals surface area contributed by atoms with Crippen LogP contribution in [0.3, 0.4) is 0 Å². The van der Waals surface area contributed by atoms with E-state index < -0.39 is 5.60 Å². The fourth-order valence-corrected chi connectivity index (χ4v) is 5.27. The molecule has 2 N–H and O–H groups in total. The first-order valence-corrected chi connectivity index (χ1v) is 10.8. The highest BCUT2D eigenvalue weighted by molar-refractivity contribution is 9.10. The molecule has 26 heavy (non-hydrogen) atoms. The molecule has 3 heteroatoms. The Morgan fingerprint density at radius 1 is 0.846 bits per heavy atom. The Balaban J connectivity index is 1.32. The third-order valence-electron chi connectivity index (χ3n) is 6.68. The van der Waals surface area contributed by atoms with Crippen molar-refractivity contribution in [3.63, 3.8) is 0 Å². The Morgan fingerprint density at radius 3 is 2.08 bits per heavy atom. The number of aliphatic hydroxyl groups is 1. The molecule has 0 aromatic heterocycles. The molecule has 0 spiro atoms. The van der Waals surface area contributed by atoms with Gasteiger partial charge in [0.05, 0.1) is 19.1 Å². The number of quaternary nitrogens is 1. The monoisotopic (exact) mass is 414 g/mol. The molecule has 2 aromatic carbocycles. The van der Waals surface area contributed by atoms with Crippen LogP contribution in [0.5, 0.6) is 0 Å². The lowest BCUT2D eigenvalue weighted by Gasteiger charge is -2.41. The van der Waals surface area contributed by atoms with Gasteiger partial charge in [-0.05, 0) is 54.9 Å². The zero-order valence-corrected chi connectivity index (χ0v) is 16.9. The highest BCUT2D eigenvalue weighted by Crippen LogP contribution is 2.34. The summed E-state index contributed by atoms with van der Waals surface area (Å²) in [7, 11) is 0. The summed E-state index contributed by atoms with van der Waals surface area (Å²) in [6, 6.07) is 20.0. The Labute approximate surface area is 165 Å². The molecule has 0 atom stereocenters. The fraction of sp³-hybridized carbons (Fsp3) is 0.478. The average molecular weight is 415 g/mol. The van der Waals surface area contributed by atoms with E-state index in [0.29, 0.717) is 0 Å². The van der Waals surface area contributed by atoms with Crippen molar-refractivity contribution in [2.24, 2.45) is 0 Å². The lowest BCUT2D eigenvalue weighted by atomic mass is 9.79. The van der Waals surface area contributed by atoms with Crippen molar-refractivity contribution in [3.8, 4) is 0 Å². The van der Waals surface area contributed by atoms with Gasteiger partial charge in [0.25, 0.3) is 0 Å². The van der Waals surface area contributed by atoms with Crippen molar-refractivity contribution < 1.29 is 10.0 Å². The smallest absolute Gasteiger partial charge is 0.100 e. The molecule has 0 unspecified atom stereocenters. The summed E-state index contributed by atoms with van der Waals surface area (Å²) in [6.07, 6.45) is 7.03. The van der Waals surface area contributed by atoms with Crippen molar-refractivity contribution in [1.82, 2.24) is 0 Å². The van der Waals surface area contributed by atoms with Crippen LogP contribution < -0.4 is 4.90 Å². The number of hydrogen-bond donors (Lipinski definition) is 2. The van der Waals surface area contributed by atoms with Crippen molar-refractivity contribution in [2.45, 2.75) is 56.1 Å². The van der Waals surface area contributed by atoms with E-state index in [0.717, 1.165) is 47.9 Å². The molecular formula is C23H29BrNO+. The van der Waals surface area contributed by atoms with Gasteiger partial charge in [0.15, 0.2) is 0 Å². The summed E-state index contributed by atoms with van der Waals surface area (Å²) in [5.41, 5.74) is 1.96. The largest absolute Gasteiger partial charge is 0.385 e. The Kier molecular flexibility index (Phi) is 5.49. The molecule has 1 saturated carbocycles. The van der Waals surface area contributed by atoms with Crippen molar-refractivity contribution in [3.05, 3.63) is 70.2 Å². The number of rotatable bonds is 3. The molecule has 0 bridgehead atoms. The fourth-order valence-electron chi connectivity index (χ4n) is 5.00. The van der Waals surface area contributed by atoms with E-state index in [-0.39, 0.29) is 0 Å². The van der Waals surface area contributed by atoms with Gasteiger partial charge < -0.3 is 10.0 Å². The third kappa shape index (κ3) is 3.90.